The van der Waals surface area contributed by atoms with E-state index in [0.29, 0.717) is 11.3 Å². The van der Waals surface area contributed by atoms with Gasteiger partial charge in [-0.2, -0.15) is 0 Å². The number of hydrogen-bond donors (Lipinski definition) is 1. The van der Waals surface area contributed by atoms with Crippen molar-refractivity contribution in [2.45, 2.75) is 40.5 Å². The third-order valence-corrected chi connectivity index (χ3v) is 3.24. The number of amides is 2. The van der Waals surface area contributed by atoms with Crippen molar-refractivity contribution in [2.24, 2.45) is 11.3 Å². The number of carbonyl (C=O) groups excluding carboxylic acids is 1. The summed E-state index contributed by atoms with van der Waals surface area (Å²) in [6.45, 7) is 9.83. The van der Waals surface area contributed by atoms with E-state index in [2.05, 4.69) is 33.0 Å². The monoisotopic (exact) mass is 214 g/mol. The van der Waals surface area contributed by atoms with Gasteiger partial charge in [-0.15, -0.1) is 0 Å². The van der Waals surface area contributed by atoms with Crippen LogP contribution >= 0.6 is 0 Å². The standard InChI is InChI=1S/C12H26N2O/c1-10(2)12(3,4)8-7-9-13-11(15)14(5)6/h10H,7-9H2,1-6H3,(H,13,15). The van der Waals surface area contributed by atoms with E-state index in [0.717, 1.165) is 19.4 Å². The number of hydrogen-bond acceptors (Lipinski definition) is 1. The first-order valence-electron chi connectivity index (χ1n) is 5.72. The average molecular weight is 214 g/mol. The van der Waals surface area contributed by atoms with Crippen LogP contribution in [0.25, 0.3) is 0 Å². The highest BCUT2D eigenvalue weighted by molar-refractivity contribution is 5.73. The Bertz CT molecular complexity index is 198. The first kappa shape index (κ1) is 14.3. The predicted molar refractivity (Wildman–Crippen MR) is 64.9 cm³/mol. The fraction of sp³-hybridized carbons (Fsp3) is 0.917. The molecule has 0 heterocycles. The SMILES string of the molecule is CC(C)C(C)(C)CCCNC(=O)N(C)C. The van der Waals surface area contributed by atoms with Crippen molar-refractivity contribution in [3.8, 4) is 0 Å². The average Bonchev–Trinajstić information content (AvgIpc) is 2.11. The Morgan fingerprint density at radius 1 is 1.33 bits per heavy atom. The zero-order valence-corrected chi connectivity index (χ0v) is 11.1. The molecule has 0 spiro atoms. The van der Waals surface area contributed by atoms with E-state index in [1.165, 1.54) is 0 Å². The molecule has 0 aliphatic carbocycles. The third kappa shape index (κ3) is 5.65. The van der Waals surface area contributed by atoms with E-state index in [-0.39, 0.29) is 6.03 Å². The van der Waals surface area contributed by atoms with Crippen molar-refractivity contribution in [1.29, 1.82) is 0 Å². The lowest BCUT2D eigenvalue weighted by atomic mass is 9.77. The Kier molecular flexibility index (Phi) is 5.69. The lowest BCUT2D eigenvalue weighted by Gasteiger charge is -2.29. The van der Waals surface area contributed by atoms with Crippen molar-refractivity contribution < 1.29 is 4.79 Å². The van der Waals surface area contributed by atoms with Crippen LogP contribution in [0.2, 0.25) is 0 Å². The van der Waals surface area contributed by atoms with Crippen LogP contribution in [0.3, 0.4) is 0 Å². The molecule has 0 aromatic rings. The van der Waals surface area contributed by atoms with Crippen LogP contribution in [0.4, 0.5) is 4.79 Å². The van der Waals surface area contributed by atoms with Crippen molar-refractivity contribution in [2.75, 3.05) is 20.6 Å². The molecule has 3 nitrogen and oxygen atoms in total. The molecule has 1 N–H and O–H groups in total. The topological polar surface area (TPSA) is 32.3 Å². The first-order chi connectivity index (χ1) is 6.77. The molecular weight excluding hydrogens is 188 g/mol. The number of nitrogens with zero attached hydrogens (tertiary/aromatic N) is 1. The van der Waals surface area contributed by atoms with Crippen molar-refractivity contribution in [1.82, 2.24) is 10.2 Å². The molecule has 0 saturated carbocycles. The Labute approximate surface area is 94.2 Å². The summed E-state index contributed by atoms with van der Waals surface area (Å²) in [7, 11) is 3.51. The summed E-state index contributed by atoms with van der Waals surface area (Å²) in [5, 5.41) is 2.88. The molecule has 0 atom stereocenters. The Morgan fingerprint density at radius 2 is 1.87 bits per heavy atom. The fourth-order valence-electron chi connectivity index (χ4n) is 1.19. The van der Waals surface area contributed by atoms with E-state index < -0.39 is 0 Å². The molecule has 0 aliphatic rings. The molecule has 0 aromatic heterocycles. The summed E-state index contributed by atoms with van der Waals surface area (Å²) < 4.78 is 0. The molecule has 15 heavy (non-hydrogen) atoms. The molecule has 90 valence electrons. The molecule has 0 unspecified atom stereocenters. The van der Waals surface area contributed by atoms with Crippen LogP contribution in [0.5, 0.6) is 0 Å². The maximum Gasteiger partial charge on any atom is 0.316 e. The van der Waals surface area contributed by atoms with Gasteiger partial charge in [-0.3, -0.25) is 0 Å². The van der Waals surface area contributed by atoms with Crippen LogP contribution in [0.15, 0.2) is 0 Å². The van der Waals surface area contributed by atoms with Crippen molar-refractivity contribution >= 4 is 6.03 Å². The van der Waals surface area contributed by atoms with Gasteiger partial charge < -0.3 is 10.2 Å². The van der Waals surface area contributed by atoms with Crippen molar-refractivity contribution in [3.05, 3.63) is 0 Å². The Hall–Kier alpha value is -0.730. The van der Waals surface area contributed by atoms with Gasteiger partial charge in [0, 0.05) is 20.6 Å². The number of rotatable bonds is 5. The van der Waals surface area contributed by atoms with E-state index in [4.69, 9.17) is 0 Å². The van der Waals surface area contributed by atoms with Gasteiger partial charge in [0.1, 0.15) is 0 Å². The van der Waals surface area contributed by atoms with Crippen LogP contribution in [-0.4, -0.2) is 31.6 Å². The fourth-order valence-corrected chi connectivity index (χ4v) is 1.19. The molecule has 0 radical (unpaired) electrons. The minimum atomic E-state index is -0.00245. The van der Waals surface area contributed by atoms with E-state index in [1.54, 1.807) is 19.0 Å². The van der Waals surface area contributed by atoms with Crippen molar-refractivity contribution in [3.63, 3.8) is 0 Å². The second-order valence-electron chi connectivity index (χ2n) is 5.37. The molecule has 0 bridgehead atoms. The molecule has 3 heteroatoms. The van der Waals surface area contributed by atoms with Crippen LogP contribution in [0.1, 0.15) is 40.5 Å². The molecule has 0 rings (SSSR count). The molecule has 0 fully saturated rings. The maximum atomic E-state index is 11.2. The second-order valence-corrected chi connectivity index (χ2v) is 5.37. The number of urea groups is 1. The van der Waals surface area contributed by atoms with Gasteiger partial charge in [0.25, 0.3) is 0 Å². The van der Waals surface area contributed by atoms with Gasteiger partial charge in [-0.25, -0.2) is 4.79 Å². The van der Waals surface area contributed by atoms with Crippen LogP contribution in [-0.2, 0) is 0 Å². The van der Waals surface area contributed by atoms with Gasteiger partial charge in [-0.1, -0.05) is 27.7 Å². The van der Waals surface area contributed by atoms with E-state index in [1.807, 2.05) is 0 Å². The second kappa shape index (κ2) is 5.99. The van der Waals surface area contributed by atoms with E-state index in [9.17, 15) is 4.79 Å². The van der Waals surface area contributed by atoms with Gasteiger partial charge in [0.15, 0.2) is 0 Å². The minimum Gasteiger partial charge on any atom is -0.338 e. The minimum absolute atomic E-state index is 0.00245. The summed E-state index contributed by atoms with van der Waals surface area (Å²) in [4.78, 5) is 12.8. The summed E-state index contributed by atoms with van der Waals surface area (Å²) in [5.74, 6) is 0.682. The predicted octanol–water partition coefficient (Wildman–Crippen LogP) is 2.72. The highest BCUT2D eigenvalue weighted by atomic mass is 16.2. The van der Waals surface area contributed by atoms with Crippen LogP contribution in [0, 0.1) is 11.3 Å². The largest absolute Gasteiger partial charge is 0.338 e. The molecule has 2 amide bonds. The van der Waals surface area contributed by atoms with Gasteiger partial charge in [-0.05, 0) is 24.2 Å². The zero-order chi connectivity index (χ0) is 12.1. The molecule has 0 aliphatic heterocycles. The lowest BCUT2D eigenvalue weighted by Crippen LogP contribution is -2.35. The summed E-state index contributed by atoms with van der Waals surface area (Å²) >= 11 is 0. The number of carbonyl (C=O) groups is 1. The van der Waals surface area contributed by atoms with Gasteiger partial charge in [0.05, 0.1) is 0 Å². The van der Waals surface area contributed by atoms with Crippen LogP contribution < -0.4 is 5.32 Å². The Balaban J connectivity index is 3.68. The first-order valence-corrected chi connectivity index (χ1v) is 5.72. The lowest BCUT2D eigenvalue weighted by molar-refractivity contribution is 0.209. The highest BCUT2D eigenvalue weighted by Crippen LogP contribution is 2.30. The molecular formula is C12H26N2O. The zero-order valence-electron chi connectivity index (χ0n) is 11.1. The smallest absolute Gasteiger partial charge is 0.316 e. The Morgan fingerprint density at radius 3 is 2.27 bits per heavy atom. The molecule has 0 saturated heterocycles. The van der Waals surface area contributed by atoms with Gasteiger partial charge >= 0.3 is 6.03 Å². The third-order valence-electron chi connectivity index (χ3n) is 3.24. The summed E-state index contributed by atoms with van der Waals surface area (Å²) in [6.07, 6.45) is 2.20. The highest BCUT2D eigenvalue weighted by Gasteiger charge is 2.21. The summed E-state index contributed by atoms with van der Waals surface area (Å²) in [5.41, 5.74) is 0.364. The molecule has 0 aromatic carbocycles. The normalized spacial score (nSPS) is 11.7. The number of nitrogens with one attached hydrogen (secondary N) is 1. The van der Waals surface area contributed by atoms with Gasteiger partial charge in [0.2, 0.25) is 0 Å². The van der Waals surface area contributed by atoms with E-state index >= 15 is 0 Å². The maximum absolute atomic E-state index is 11.2. The summed E-state index contributed by atoms with van der Waals surface area (Å²) in [6, 6.07) is -0.00245. The quantitative estimate of drug-likeness (QED) is 0.701.